The van der Waals surface area contributed by atoms with Gasteiger partial charge < -0.3 is 10.1 Å². The summed E-state index contributed by atoms with van der Waals surface area (Å²) in [6.45, 7) is 4.75. The van der Waals surface area contributed by atoms with E-state index >= 15 is 0 Å². The molecule has 1 heterocycles. The van der Waals surface area contributed by atoms with Crippen molar-refractivity contribution >= 4 is 5.82 Å². The Balaban J connectivity index is 2.02. The molecule has 4 heteroatoms. The van der Waals surface area contributed by atoms with Gasteiger partial charge in [-0.2, -0.15) is 0 Å². The molecule has 0 atom stereocenters. The van der Waals surface area contributed by atoms with Crippen LogP contribution in [0.15, 0.2) is 36.4 Å². The maximum absolute atomic E-state index is 13.7. The van der Waals surface area contributed by atoms with Crippen molar-refractivity contribution in [1.82, 2.24) is 4.98 Å². The highest BCUT2D eigenvalue weighted by molar-refractivity contribution is 5.37. The lowest BCUT2D eigenvalue weighted by molar-refractivity contribution is 0.321. The summed E-state index contributed by atoms with van der Waals surface area (Å²) < 4.78 is 18.8. The number of ether oxygens (including phenoxy) is 1. The second-order valence-corrected chi connectivity index (χ2v) is 4.22. The molecule has 0 saturated carbocycles. The Hall–Kier alpha value is -2.10. The van der Waals surface area contributed by atoms with Crippen LogP contribution >= 0.6 is 0 Å². The van der Waals surface area contributed by atoms with Gasteiger partial charge in [0.1, 0.15) is 5.82 Å². The lowest BCUT2D eigenvalue weighted by Crippen LogP contribution is -2.03. The van der Waals surface area contributed by atoms with Gasteiger partial charge in [0.05, 0.1) is 6.61 Å². The predicted octanol–water partition coefficient (Wildman–Crippen LogP) is 3.54. The van der Waals surface area contributed by atoms with E-state index in [1.807, 2.05) is 38.1 Å². The van der Waals surface area contributed by atoms with Crippen LogP contribution in [0.1, 0.15) is 18.2 Å². The summed E-state index contributed by atoms with van der Waals surface area (Å²) in [6.07, 6.45) is 0. The molecule has 0 unspecified atom stereocenters. The molecule has 1 N–H and O–H groups in total. The molecule has 3 nitrogen and oxygen atoms in total. The van der Waals surface area contributed by atoms with Crippen LogP contribution in [0.3, 0.4) is 0 Å². The largest absolute Gasteiger partial charge is 0.491 e. The fraction of sp³-hybridized carbons (Fsp3) is 0.267. The molecule has 0 aliphatic carbocycles. The topological polar surface area (TPSA) is 34.1 Å². The lowest BCUT2D eigenvalue weighted by atomic mass is 10.2. The number of anilines is 1. The van der Waals surface area contributed by atoms with Gasteiger partial charge in [-0.3, -0.25) is 0 Å². The van der Waals surface area contributed by atoms with E-state index in [1.54, 1.807) is 6.07 Å². The third kappa shape index (κ3) is 3.68. The average Bonchev–Trinajstić information content (AvgIpc) is 2.39. The highest BCUT2D eigenvalue weighted by atomic mass is 19.1. The number of benzene rings is 1. The molecule has 0 aliphatic rings. The Morgan fingerprint density at radius 1 is 1.26 bits per heavy atom. The van der Waals surface area contributed by atoms with Crippen molar-refractivity contribution < 1.29 is 9.13 Å². The molecular formula is C15H17FN2O. The number of nitrogens with one attached hydrogen (secondary N) is 1. The highest BCUT2D eigenvalue weighted by Crippen LogP contribution is 2.19. The van der Waals surface area contributed by atoms with Gasteiger partial charge in [0.25, 0.3) is 0 Å². The van der Waals surface area contributed by atoms with Crippen molar-refractivity contribution in [3.63, 3.8) is 0 Å². The average molecular weight is 260 g/mol. The van der Waals surface area contributed by atoms with Crippen molar-refractivity contribution in [2.24, 2.45) is 0 Å². The van der Waals surface area contributed by atoms with Crippen molar-refractivity contribution in [3.05, 3.63) is 53.5 Å². The van der Waals surface area contributed by atoms with E-state index in [9.17, 15) is 4.39 Å². The van der Waals surface area contributed by atoms with E-state index in [1.165, 1.54) is 6.07 Å². The van der Waals surface area contributed by atoms with Gasteiger partial charge in [-0.05, 0) is 43.7 Å². The van der Waals surface area contributed by atoms with Gasteiger partial charge in [-0.25, -0.2) is 9.37 Å². The maximum Gasteiger partial charge on any atom is 0.165 e. The van der Waals surface area contributed by atoms with Crippen molar-refractivity contribution in [3.8, 4) is 5.75 Å². The minimum Gasteiger partial charge on any atom is -0.491 e. The van der Waals surface area contributed by atoms with Crippen LogP contribution in [0.5, 0.6) is 5.75 Å². The first kappa shape index (κ1) is 13.3. The molecule has 2 aromatic rings. The highest BCUT2D eigenvalue weighted by Gasteiger charge is 2.04. The molecule has 100 valence electrons. The van der Waals surface area contributed by atoms with Gasteiger partial charge in [-0.1, -0.05) is 12.1 Å². The monoisotopic (exact) mass is 260 g/mol. The Morgan fingerprint density at radius 2 is 2.11 bits per heavy atom. The van der Waals surface area contributed by atoms with Crippen LogP contribution in [-0.4, -0.2) is 11.6 Å². The molecule has 0 aliphatic heterocycles. The third-order valence-electron chi connectivity index (χ3n) is 2.66. The number of hydrogen-bond donors (Lipinski definition) is 1. The zero-order chi connectivity index (χ0) is 13.7. The number of aryl methyl sites for hydroxylation is 1. The third-order valence-corrected chi connectivity index (χ3v) is 2.66. The minimum absolute atomic E-state index is 0.292. The number of rotatable bonds is 5. The van der Waals surface area contributed by atoms with E-state index < -0.39 is 0 Å². The first-order valence-electron chi connectivity index (χ1n) is 6.28. The first-order chi connectivity index (χ1) is 9.19. The number of pyridine rings is 1. The molecule has 0 bridgehead atoms. The van der Waals surface area contributed by atoms with Crippen LogP contribution < -0.4 is 10.1 Å². The van der Waals surface area contributed by atoms with E-state index in [0.29, 0.717) is 18.9 Å². The second-order valence-electron chi connectivity index (χ2n) is 4.22. The molecule has 1 aromatic carbocycles. The Bertz CT molecular complexity index is 558. The van der Waals surface area contributed by atoms with Crippen LogP contribution in [-0.2, 0) is 6.54 Å². The summed E-state index contributed by atoms with van der Waals surface area (Å²) in [5.41, 5.74) is 1.80. The van der Waals surface area contributed by atoms with E-state index in [4.69, 9.17) is 4.74 Å². The molecule has 1 aromatic heterocycles. The molecule has 0 fully saturated rings. The van der Waals surface area contributed by atoms with Crippen LogP contribution in [0.2, 0.25) is 0 Å². The fourth-order valence-corrected chi connectivity index (χ4v) is 1.76. The molecule has 0 saturated heterocycles. The van der Waals surface area contributed by atoms with Gasteiger partial charge in [0.15, 0.2) is 11.6 Å². The van der Waals surface area contributed by atoms with E-state index in [0.717, 1.165) is 17.1 Å². The van der Waals surface area contributed by atoms with Crippen LogP contribution in [0.25, 0.3) is 0 Å². The molecular weight excluding hydrogens is 243 g/mol. The summed E-state index contributed by atoms with van der Waals surface area (Å²) in [5.74, 6) is 0.743. The first-order valence-corrected chi connectivity index (χ1v) is 6.28. The lowest BCUT2D eigenvalue weighted by Gasteiger charge is -2.09. The quantitative estimate of drug-likeness (QED) is 0.892. The zero-order valence-corrected chi connectivity index (χ0v) is 11.1. The van der Waals surface area contributed by atoms with Gasteiger partial charge in [0, 0.05) is 12.2 Å². The van der Waals surface area contributed by atoms with Crippen LogP contribution in [0.4, 0.5) is 10.2 Å². The standard InChI is InChI=1S/C15H17FN2O/c1-3-19-14-8-7-12(9-13(14)16)10-17-15-6-4-5-11(2)18-15/h4-9H,3,10H2,1-2H3,(H,17,18). The summed E-state index contributed by atoms with van der Waals surface area (Å²) in [4.78, 5) is 4.33. The summed E-state index contributed by atoms with van der Waals surface area (Å²) in [6, 6.07) is 10.7. The van der Waals surface area contributed by atoms with Crippen molar-refractivity contribution in [2.75, 3.05) is 11.9 Å². The maximum atomic E-state index is 13.7. The second kappa shape index (κ2) is 6.18. The van der Waals surface area contributed by atoms with E-state index in [2.05, 4.69) is 10.3 Å². The van der Waals surface area contributed by atoms with Gasteiger partial charge in [-0.15, -0.1) is 0 Å². The van der Waals surface area contributed by atoms with E-state index in [-0.39, 0.29) is 5.82 Å². The molecule has 19 heavy (non-hydrogen) atoms. The Kier molecular flexibility index (Phi) is 4.34. The molecule has 0 amide bonds. The van der Waals surface area contributed by atoms with Crippen LogP contribution in [0, 0.1) is 12.7 Å². The number of hydrogen-bond acceptors (Lipinski definition) is 3. The molecule has 0 radical (unpaired) electrons. The smallest absolute Gasteiger partial charge is 0.165 e. The predicted molar refractivity (Wildman–Crippen MR) is 73.9 cm³/mol. The Labute approximate surface area is 112 Å². The van der Waals surface area contributed by atoms with Gasteiger partial charge in [0.2, 0.25) is 0 Å². The van der Waals surface area contributed by atoms with Crippen molar-refractivity contribution in [2.45, 2.75) is 20.4 Å². The van der Waals surface area contributed by atoms with Gasteiger partial charge >= 0.3 is 0 Å². The zero-order valence-electron chi connectivity index (χ0n) is 11.1. The number of halogens is 1. The normalized spacial score (nSPS) is 10.3. The minimum atomic E-state index is -0.335. The SMILES string of the molecule is CCOc1ccc(CNc2cccc(C)n2)cc1F. The van der Waals surface area contributed by atoms with Crippen molar-refractivity contribution in [1.29, 1.82) is 0 Å². The summed E-state index contributed by atoms with van der Waals surface area (Å²) in [7, 11) is 0. The summed E-state index contributed by atoms with van der Waals surface area (Å²) >= 11 is 0. The Morgan fingerprint density at radius 3 is 2.79 bits per heavy atom. The fourth-order valence-electron chi connectivity index (χ4n) is 1.76. The molecule has 0 spiro atoms. The summed E-state index contributed by atoms with van der Waals surface area (Å²) in [5, 5.41) is 3.16. The number of nitrogens with zero attached hydrogens (tertiary/aromatic N) is 1. The molecule has 2 rings (SSSR count). The number of aromatic nitrogens is 1.